The summed E-state index contributed by atoms with van der Waals surface area (Å²) in [4.78, 5) is 39.9. The van der Waals surface area contributed by atoms with E-state index in [9.17, 15) is 14.4 Å². The lowest BCUT2D eigenvalue weighted by atomic mass is 10.1. The second kappa shape index (κ2) is 6.11. The van der Waals surface area contributed by atoms with Crippen LogP contribution in [0.1, 0.15) is 27.6 Å². The van der Waals surface area contributed by atoms with E-state index in [1.54, 1.807) is 24.3 Å². The fourth-order valence-corrected chi connectivity index (χ4v) is 3.22. The molecule has 0 unspecified atom stereocenters. The van der Waals surface area contributed by atoms with E-state index in [0.29, 0.717) is 16.8 Å². The molecular formula is C21H16N2O3. The number of rotatable bonds is 3. The highest BCUT2D eigenvalue weighted by Crippen LogP contribution is 2.26. The van der Waals surface area contributed by atoms with Crippen LogP contribution in [0, 0.1) is 0 Å². The molecule has 1 aliphatic heterocycles. The number of carbonyl (C=O) groups is 3. The van der Waals surface area contributed by atoms with Gasteiger partial charge in [-0.15, -0.1) is 0 Å². The molecule has 128 valence electrons. The van der Waals surface area contributed by atoms with Crippen LogP contribution in [0.5, 0.6) is 0 Å². The minimum absolute atomic E-state index is 0.111. The highest BCUT2D eigenvalue weighted by atomic mass is 16.2. The van der Waals surface area contributed by atoms with Gasteiger partial charge in [0, 0.05) is 12.6 Å². The largest absolute Gasteiger partial charge is 0.294 e. The fourth-order valence-electron chi connectivity index (χ4n) is 3.22. The van der Waals surface area contributed by atoms with Crippen molar-refractivity contribution < 1.29 is 14.4 Å². The number of carbonyl (C=O) groups excluding carboxylic acids is 3. The maximum atomic E-state index is 12.6. The molecule has 1 aliphatic rings. The number of benzene rings is 3. The predicted molar refractivity (Wildman–Crippen MR) is 98.9 cm³/mol. The van der Waals surface area contributed by atoms with Crippen LogP contribution in [0.15, 0.2) is 66.7 Å². The first-order chi connectivity index (χ1) is 12.6. The maximum absolute atomic E-state index is 12.6. The third-order valence-electron chi connectivity index (χ3n) is 4.59. The SMILES string of the molecule is CC(=O)N(CN1C(=O)c2ccccc2C1=O)c1ccc2ccccc2c1. The predicted octanol–water partition coefficient (Wildman–Crippen LogP) is 3.45. The molecule has 5 heteroatoms. The average molecular weight is 344 g/mol. The van der Waals surface area contributed by atoms with Crippen LogP contribution in [-0.2, 0) is 4.79 Å². The molecule has 0 saturated carbocycles. The monoisotopic (exact) mass is 344 g/mol. The molecule has 1 heterocycles. The smallest absolute Gasteiger partial charge is 0.263 e. The van der Waals surface area contributed by atoms with Crippen LogP contribution in [0.4, 0.5) is 5.69 Å². The number of hydrogen-bond acceptors (Lipinski definition) is 3. The number of amides is 3. The number of hydrogen-bond donors (Lipinski definition) is 0. The van der Waals surface area contributed by atoms with Gasteiger partial charge < -0.3 is 0 Å². The van der Waals surface area contributed by atoms with Gasteiger partial charge in [0.2, 0.25) is 5.91 Å². The second-order valence-electron chi connectivity index (χ2n) is 6.20. The van der Waals surface area contributed by atoms with E-state index in [2.05, 4.69) is 0 Å². The van der Waals surface area contributed by atoms with Crippen molar-refractivity contribution in [2.24, 2.45) is 0 Å². The van der Waals surface area contributed by atoms with Crippen molar-refractivity contribution in [2.75, 3.05) is 11.6 Å². The fraction of sp³-hybridized carbons (Fsp3) is 0.0952. The van der Waals surface area contributed by atoms with Gasteiger partial charge in [-0.3, -0.25) is 24.2 Å². The Hall–Kier alpha value is -3.47. The molecular weight excluding hydrogens is 328 g/mol. The van der Waals surface area contributed by atoms with Gasteiger partial charge in [0.1, 0.15) is 6.67 Å². The summed E-state index contributed by atoms with van der Waals surface area (Å²) in [5.74, 6) is -0.993. The molecule has 26 heavy (non-hydrogen) atoms. The van der Waals surface area contributed by atoms with Crippen LogP contribution in [0.25, 0.3) is 10.8 Å². The summed E-state index contributed by atoms with van der Waals surface area (Å²) in [6, 6.07) is 20.1. The van der Waals surface area contributed by atoms with E-state index in [0.717, 1.165) is 15.7 Å². The van der Waals surface area contributed by atoms with E-state index in [1.165, 1.54) is 11.8 Å². The Balaban J connectivity index is 1.69. The van der Waals surface area contributed by atoms with Gasteiger partial charge in [-0.25, -0.2) is 0 Å². The summed E-state index contributed by atoms with van der Waals surface area (Å²) < 4.78 is 0. The minimum atomic E-state index is -0.377. The van der Waals surface area contributed by atoms with E-state index in [-0.39, 0.29) is 24.4 Å². The lowest BCUT2D eigenvalue weighted by Gasteiger charge is -2.26. The van der Waals surface area contributed by atoms with Gasteiger partial charge in [0.15, 0.2) is 0 Å². The molecule has 3 aromatic carbocycles. The molecule has 3 aromatic rings. The molecule has 4 rings (SSSR count). The zero-order valence-electron chi connectivity index (χ0n) is 14.2. The van der Waals surface area contributed by atoms with Crippen molar-refractivity contribution in [3.63, 3.8) is 0 Å². The zero-order valence-corrected chi connectivity index (χ0v) is 14.2. The molecule has 0 fully saturated rings. The number of fused-ring (bicyclic) bond motifs is 2. The van der Waals surface area contributed by atoms with Crippen molar-refractivity contribution in [3.05, 3.63) is 77.9 Å². The topological polar surface area (TPSA) is 57.7 Å². The first-order valence-electron chi connectivity index (χ1n) is 8.28. The summed E-state index contributed by atoms with van der Waals surface area (Å²) in [5.41, 5.74) is 1.40. The lowest BCUT2D eigenvalue weighted by molar-refractivity contribution is -0.116. The lowest BCUT2D eigenvalue weighted by Crippen LogP contribution is -2.43. The van der Waals surface area contributed by atoms with Gasteiger partial charge >= 0.3 is 0 Å². The molecule has 0 radical (unpaired) electrons. The van der Waals surface area contributed by atoms with Crippen LogP contribution < -0.4 is 4.90 Å². The third-order valence-corrected chi connectivity index (χ3v) is 4.59. The van der Waals surface area contributed by atoms with Crippen molar-refractivity contribution in [3.8, 4) is 0 Å². The van der Waals surface area contributed by atoms with Gasteiger partial charge in [-0.1, -0.05) is 42.5 Å². The van der Waals surface area contributed by atoms with Crippen molar-refractivity contribution in [1.82, 2.24) is 4.90 Å². The van der Waals surface area contributed by atoms with Crippen molar-refractivity contribution in [2.45, 2.75) is 6.92 Å². The van der Waals surface area contributed by atoms with Crippen LogP contribution in [-0.4, -0.2) is 29.3 Å². The zero-order chi connectivity index (χ0) is 18.3. The quantitative estimate of drug-likeness (QED) is 0.684. The molecule has 0 saturated heterocycles. The maximum Gasteiger partial charge on any atom is 0.263 e. The molecule has 0 bridgehead atoms. The van der Waals surface area contributed by atoms with Crippen LogP contribution >= 0.6 is 0 Å². The molecule has 3 amide bonds. The molecule has 0 N–H and O–H groups in total. The Morgan fingerprint density at radius 1 is 0.846 bits per heavy atom. The van der Waals surface area contributed by atoms with Gasteiger partial charge in [-0.05, 0) is 35.0 Å². The average Bonchev–Trinajstić information content (AvgIpc) is 2.90. The summed E-state index contributed by atoms with van der Waals surface area (Å²) in [6.07, 6.45) is 0. The van der Waals surface area contributed by atoms with E-state index < -0.39 is 0 Å². The minimum Gasteiger partial charge on any atom is -0.294 e. The van der Waals surface area contributed by atoms with Crippen LogP contribution in [0.2, 0.25) is 0 Å². The summed E-state index contributed by atoms with van der Waals surface area (Å²) in [6.45, 7) is 1.31. The molecule has 0 aromatic heterocycles. The number of imide groups is 1. The summed E-state index contributed by atoms with van der Waals surface area (Å²) in [5, 5.41) is 2.04. The van der Waals surface area contributed by atoms with Gasteiger partial charge in [0.05, 0.1) is 11.1 Å². The van der Waals surface area contributed by atoms with Crippen LogP contribution in [0.3, 0.4) is 0 Å². The molecule has 5 nitrogen and oxygen atoms in total. The van der Waals surface area contributed by atoms with E-state index in [4.69, 9.17) is 0 Å². The highest BCUT2D eigenvalue weighted by molar-refractivity contribution is 6.21. The van der Waals surface area contributed by atoms with E-state index >= 15 is 0 Å². The number of nitrogens with zero attached hydrogens (tertiary/aromatic N) is 2. The van der Waals surface area contributed by atoms with Crippen molar-refractivity contribution >= 4 is 34.2 Å². The van der Waals surface area contributed by atoms with Gasteiger partial charge in [-0.2, -0.15) is 0 Å². The molecule has 0 aliphatic carbocycles. The Kier molecular flexibility index (Phi) is 3.77. The third kappa shape index (κ3) is 2.54. The number of anilines is 1. The first kappa shape index (κ1) is 16.0. The normalized spacial score (nSPS) is 13.2. The molecule has 0 spiro atoms. The second-order valence-corrected chi connectivity index (χ2v) is 6.20. The van der Waals surface area contributed by atoms with Crippen molar-refractivity contribution in [1.29, 1.82) is 0 Å². The molecule has 0 atom stereocenters. The summed E-state index contributed by atoms with van der Waals surface area (Å²) >= 11 is 0. The highest BCUT2D eigenvalue weighted by Gasteiger charge is 2.36. The van der Waals surface area contributed by atoms with E-state index in [1.807, 2.05) is 42.5 Å². The Bertz CT molecular complexity index is 1020. The standard InChI is InChI=1S/C21H16N2O3/c1-14(24)22(17-11-10-15-6-2-3-7-16(15)12-17)13-23-20(25)18-8-4-5-9-19(18)21(23)26/h2-12H,13H2,1H3. The van der Waals surface area contributed by atoms with Gasteiger partial charge in [0.25, 0.3) is 11.8 Å². The Morgan fingerprint density at radius 3 is 2.04 bits per heavy atom. The Labute approximate surface area is 150 Å². The summed E-state index contributed by atoms with van der Waals surface area (Å²) in [7, 11) is 0. The Morgan fingerprint density at radius 2 is 1.42 bits per heavy atom. The first-order valence-corrected chi connectivity index (χ1v) is 8.28.